The Balaban J connectivity index is 1.52. The van der Waals surface area contributed by atoms with Crippen LogP contribution in [-0.4, -0.2) is 56.7 Å². The average molecular weight is 403 g/mol. The zero-order chi connectivity index (χ0) is 20.8. The zero-order valence-corrected chi connectivity index (χ0v) is 15.6. The van der Waals surface area contributed by atoms with Crippen molar-refractivity contribution in [2.75, 3.05) is 37.8 Å². The van der Waals surface area contributed by atoms with E-state index >= 15 is 0 Å². The second-order valence-corrected chi connectivity index (χ2v) is 6.39. The lowest BCUT2D eigenvalue weighted by molar-refractivity contribution is -0.152. The van der Waals surface area contributed by atoms with Crippen molar-refractivity contribution in [1.82, 2.24) is 10.6 Å². The van der Waals surface area contributed by atoms with Crippen LogP contribution in [0.3, 0.4) is 0 Å². The van der Waals surface area contributed by atoms with Gasteiger partial charge in [-0.25, -0.2) is 4.79 Å². The first-order chi connectivity index (χ1) is 14.0. The number of carbonyl (C=O) groups is 4. The first-order valence-corrected chi connectivity index (χ1v) is 9.03. The van der Waals surface area contributed by atoms with Crippen molar-refractivity contribution in [2.24, 2.45) is 5.92 Å². The van der Waals surface area contributed by atoms with E-state index in [2.05, 4.69) is 11.9 Å². The van der Waals surface area contributed by atoms with Crippen molar-refractivity contribution in [3.8, 4) is 11.5 Å². The highest BCUT2D eigenvalue weighted by Gasteiger charge is 2.36. The summed E-state index contributed by atoms with van der Waals surface area (Å²) in [6, 6.07) is 4.40. The molecule has 1 atom stereocenters. The van der Waals surface area contributed by atoms with E-state index in [9.17, 15) is 19.2 Å². The van der Waals surface area contributed by atoms with Crippen LogP contribution in [0.4, 0.5) is 10.5 Å². The number of nitrogens with one attached hydrogen (secondary N) is 2. The molecular weight excluding hydrogens is 382 g/mol. The summed E-state index contributed by atoms with van der Waals surface area (Å²) in [5.41, 5.74) is 0.589. The smallest absolute Gasteiger partial charge is 0.321 e. The molecule has 0 bridgehead atoms. The maximum Gasteiger partial charge on any atom is 0.321 e. The number of hydrogen-bond donors (Lipinski definition) is 2. The number of nitrogens with zero attached hydrogens (tertiary/aromatic N) is 1. The van der Waals surface area contributed by atoms with E-state index in [1.54, 1.807) is 18.2 Å². The number of ether oxygens (including phenoxy) is 3. The third-order valence-electron chi connectivity index (χ3n) is 4.30. The van der Waals surface area contributed by atoms with Crippen LogP contribution < -0.4 is 25.0 Å². The first-order valence-electron chi connectivity index (χ1n) is 9.03. The molecule has 2 heterocycles. The number of anilines is 1. The second kappa shape index (κ2) is 9.09. The minimum atomic E-state index is -0.770. The molecule has 2 aliphatic rings. The fraction of sp³-hybridized carbons (Fsp3) is 0.368. The predicted molar refractivity (Wildman–Crippen MR) is 101 cm³/mol. The van der Waals surface area contributed by atoms with Gasteiger partial charge in [0, 0.05) is 31.3 Å². The van der Waals surface area contributed by atoms with Gasteiger partial charge in [0.05, 0.1) is 5.92 Å². The molecule has 1 aromatic rings. The van der Waals surface area contributed by atoms with E-state index in [0.717, 1.165) is 0 Å². The summed E-state index contributed by atoms with van der Waals surface area (Å²) in [7, 11) is 0. The van der Waals surface area contributed by atoms with Crippen LogP contribution in [0.1, 0.15) is 6.42 Å². The molecule has 3 rings (SSSR count). The number of imide groups is 1. The van der Waals surface area contributed by atoms with Crippen molar-refractivity contribution in [1.29, 1.82) is 0 Å². The Morgan fingerprint density at radius 1 is 1.24 bits per heavy atom. The molecule has 0 aromatic heterocycles. The molecule has 2 aliphatic heterocycles. The average Bonchev–Trinajstić information content (AvgIpc) is 3.11. The van der Waals surface area contributed by atoms with Gasteiger partial charge in [0.25, 0.3) is 5.91 Å². The summed E-state index contributed by atoms with van der Waals surface area (Å²) in [4.78, 5) is 49.0. The Kier molecular flexibility index (Phi) is 6.32. The summed E-state index contributed by atoms with van der Waals surface area (Å²) in [5.74, 6) is -1.26. The SMILES string of the molecule is C=CCNC(=O)NC(=O)COC(=O)[C@@H]1CC(=O)N(c2ccc3c(c2)OCCO3)C1. The van der Waals surface area contributed by atoms with Gasteiger partial charge in [0.15, 0.2) is 18.1 Å². The normalized spacial score (nSPS) is 17.4. The second-order valence-electron chi connectivity index (χ2n) is 6.39. The van der Waals surface area contributed by atoms with Gasteiger partial charge < -0.3 is 24.4 Å². The minimum absolute atomic E-state index is 0.0330. The number of hydrogen-bond acceptors (Lipinski definition) is 7. The molecule has 10 nitrogen and oxygen atoms in total. The number of amides is 4. The van der Waals surface area contributed by atoms with Crippen LogP contribution in [0.25, 0.3) is 0 Å². The Hall–Kier alpha value is -3.56. The summed E-state index contributed by atoms with van der Waals surface area (Å²) in [5, 5.41) is 4.37. The fourth-order valence-corrected chi connectivity index (χ4v) is 2.94. The van der Waals surface area contributed by atoms with E-state index in [4.69, 9.17) is 14.2 Å². The fourth-order valence-electron chi connectivity index (χ4n) is 2.94. The monoisotopic (exact) mass is 403 g/mol. The summed E-state index contributed by atoms with van der Waals surface area (Å²) in [6.45, 7) is 4.02. The highest BCUT2D eigenvalue weighted by molar-refractivity contribution is 6.00. The molecule has 154 valence electrons. The Morgan fingerprint density at radius 2 is 2.00 bits per heavy atom. The van der Waals surface area contributed by atoms with Crippen LogP contribution in [0, 0.1) is 5.92 Å². The summed E-state index contributed by atoms with van der Waals surface area (Å²) < 4.78 is 15.9. The van der Waals surface area contributed by atoms with E-state index in [1.807, 2.05) is 5.32 Å². The molecular formula is C19H21N3O7. The molecule has 10 heteroatoms. The predicted octanol–water partition coefficient (Wildman–Crippen LogP) is 0.366. The van der Waals surface area contributed by atoms with E-state index in [0.29, 0.717) is 30.4 Å². The van der Waals surface area contributed by atoms with Crippen LogP contribution >= 0.6 is 0 Å². The van der Waals surface area contributed by atoms with Crippen molar-refractivity contribution in [3.63, 3.8) is 0 Å². The van der Waals surface area contributed by atoms with Gasteiger partial charge >= 0.3 is 12.0 Å². The van der Waals surface area contributed by atoms with Gasteiger partial charge in [-0.1, -0.05) is 6.08 Å². The Morgan fingerprint density at radius 3 is 2.76 bits per heavy atom. The van der Waals surface area contributed by atoms with Crippen molar-refractivity contribution < 1.29 is 33.4 Å². The van der Waals surface area contributed by atoms with Crippen LogP contribution in [-0.2, 0) is 19.1 Å². The molecule has 1 saturated heterocycles. The minimum Gasteiger partial charge on any atom is -0.486 e. The van der Waals surface area contributed by atoms with E-state index < -0.39 is 30.4 Å². The maximum absolute atomic E-state index is 12.3. The van der Waals surface area contributed by atoms with Crippen molar-refractivity contribution >= 4 is 29.5 Å². The van der Waals surface area contributed by atoms with Gasteiger partial charge in [-0.2, -0.15) is 0 Å². The highest BCUT2D eigenvalue weighted by atomic mass is 16.6. The molecule has 0 unspecified atom stereocenters. The van der Waals surface area contributed by atoms with Crippen molar-refractivity contribution in [3.05, 3.63) is 30.9 Å². The molecule has 1 fully saturated rings. The Bertz CT molecular complexity index is 839. The summed E-state index contributed by atoms with van der Waals surface area (Å²) in [6.07, 6.45) is 1.42. The van der Waals surface area contributed by atoms with Gasteiger partial charge in [0.1, 0.15) is 13.2 Å². The number of carbonyl (C=O) groups excluding carboxylic acids is 4. The third kappa shape index (κ3) is 5.03. The standard InChI is InChI=1S/C19H21N3O7/c1-2-5-20-19(26)21-16(23)11-29-18(25)12-8-17(24)22(10-12)13-3-4-14-15(9-13)28-7-6-27-14/h2-4,9,12H,1,5-8,10-11H2,(H2,20,21,23,26)/t12-/m1/s1. The number of fused-ring (bicyclic) bond motifs is 1. The molecule has 0 aliphatic carbocycles. The first kappa shape index (κ1) is 20.2. The van der Waals surface area contributed by atoms with E-state index in [-0.39, 0.29) is 25.4 Å². The van der Waals surface area contributed by atoms with Crippen LogP contribution in [0.5, 0.6) is 11.5 Å². The third-order valence-corrected chi connectivity index (χ3v) is 4.30. The molecule has 0 saturated carbocycles. The molecule has 2 N–H and O–H groups in total. The molecule has 29 heavy (non-hydrogen) atoms. The Labute approximate surface area is 166 Å². The quantitative estimate of drug-likeness (QED) is 0.519. The molecule has 1 aromatic carbocycles. The number of urea groups is 1. The molecule has 0 spiro atoms. The number of rotatable bonds is 6. The van der Waals surface area contributed by atoms with Crippen LogP contribution in [0.2, 0.25) is 0 Å². The van der Waals surface area contributed by atoms with Crippen LogP contribution in [0.15, 0.2) is 30.9 Å². The lowest BCUT2D eigenvalue weighted by Gasteiger charge is -2.22. The lowest BCUT2D eigenvalue weighted by Crippen LogP contribution is -2.41. The number of esters is 1. The van der Waals surface area contributed by atoms with Gasteiger partial charge in [-0.15, -0.1) is 6.58 Å². The summed E-state index contributed by atoms with van der Waals surface area (Å²) >= 11 is 0. The van der Waals surface area contributed by atoms with Gasteiger partial charge in [-0.05, 0) is 12.1 Å². The molecule has 0 radical (unpaired) electrons. The highest BCUT2D eigenvalue weighted by Crippen LogP contribution is 2.36. The zero-order valence-electron chi connectivity index (χ0n) is 15.6. The van der Waals surface area contributed by atoms with E-state index in [1.165, 1.54) is 11.0 Å². The molecule has 4 amide bonds. The maximum atomic E-state index is 12.3. The number of benzene rings is 1. The van der Waals surface area contributed by atoms with Gasteiger partial charge in [0.2, 0.25) is 5.91 Å². The van der Waals surface area contributed by atoms with Crippen molar-refractivity contribution in [2.45, 2.75) is 6.42 Å². The lowest BCUT2D eigenvalue weighted by atomic mass is 10.1. The topological polar surface area (TPSA) is 123 Å². The largest absolute Gasteiger partial charge is 0.486 e. The van der Waals surface area contributed by atoms with Gasteiger partial charge in [-0.3, -0.25) is 19.7 Å².